The van der Waals surface area contributed by atoms with Gasteiger partial charge in [0.25, 0.3) is 0 Å². The SMILES string of the molecule is CCc1cc2c(cc1Br)N(C)CCN2. The Morgan fingerprint density at radius 1 is 1.50 bits per heavy atom. The Kier molecular flexibility index (Phi) is 2.68. The van der Waals surface area contributed by atoms with E-state index in [1.165, 1.54) is 21.4 Å². The molecule has 76 valence electrons. The molecule has 0 aliphatic carbocycles. The van der Waals surface area contributed by atoms with Crippen molar-refractivity contribution in [3.05, 3.63) is 22.2 Å². The van der Waals surface area contributed by atoms with Gasteiger partial charge in [-0.15, -0.1) is 0 Å². The maximum atomic E-state index is 3.61. The Morgan fingerprint density at radius 2 is 2.29 bits per heavy atom. The number of nitrogens with zero attached hydrogens (tertiary/aromatic N) is 1. The average Bonchev–Trinajstić information content (AvgIpc) is 2.19. The lowest BCUT2D eigenvalue weighted by Gasteiger charge is -2.29. The van der Waals surface area contributed by atoms with Gasteiger partial charge in [0.15, 0.2) is 0 Å². The van der Waals surface area contributed by atoms with Crippen LogP contribution in [0.4, 0.5) is 11.4 Å². The van der Waals surface area contributed by atoms with Crippen LogP contribution in [0.1, 0.15) is 12.5 Å². The molecule has 0 saturated carbocycles. The van der Waals surface area contributed by atoms with Crippen molar-refractivity contribution in [2.75, 3.05) is 30.4 Å². The van der Waals surface area contributed by atoms with E-state index in [2.05, 4.69) is 52.3 Å². The molecule has 1 aromatic rings. The van der Waals surface area contributed by atoms with Gasteiger partial charge in [0.2, 0.25) is 0 Å². The van der Waals surface area contributed by atoms with Crippen LogP contribution in [0.25, 0.3) is 0 Å². The molecule has 1 aliphatic heterocycles. The van der Waals surface area contributed by atoms with E-state index in [0.717, 1.165) is 19.5 Å². The van der Waals surface area contributed by atoms with Crippen molar-refractivity contribution in [1.29, 1.82) is 0 Å². The molecule has 0 spiro atoms. The summed E-state index contributed by atoms with van der Waals surface area (Å²) in [6, 6.07) is 4.45. The summed E-state index contributed by atoms with van der Waals surface area (Å²) in [5.74, 6) is 0. The molecular formula is C11H15BrN2. The Balaban J connectivity index is 2.48. The van der Waals surface area contributed by atoms with Crippen LogP contribution in [0.3, 0.4) is 0 Å². The van der Waals surface area contributed by atoms with Crippen LogP contribution in [0.2, 0.25) is 0 Å². The van der Waals surface area contributed by atoms with Crippen LogP contribution < -0.4 is 10.2 Å². The van der Waals surface area contributed by atoms with E-state index in [1.54, 1.807) is 0 Å². The van der Waals surface area contributed by atoms with Gasteiger partial charge in [-0.05, 0) is 24.1 Å². The summed E-state index contributed by atoms with van der Waals surface area (Å²) in [6.07, 6.45) is 1.07. The van der Waals surface area contributed by atoms with Crippen LogP contribution in [-0.4, -0.2) is 20.1 Å². The summed E-state index contributed by atoms with van der Waals surface area (Å²) < 4.78 is 1.22. The number of benzene rings is 1. The first-order chi connectivity index (χ1) is 6.72. The predicted molar refractivity (Wildman–Crippen MR) is 65.3 cm³/mol. The number of likely N-dealkylation sites (N-methyl/N-ethyl adjacent to an activating group) is 1. The quantitative estimate of drug-likeness (QED) is 0.830. The third-order valence-electron chi connectivity index (χ3n) is 2.72. The second-order valence-electron chi connectivity index (χ2n) is 3.66. The molecule has 0 atom stereocenters. The normalized spacial score (nSPS) is 14.9. The standard InChI is InChI=1S/C11H15BrN2/c1-3-8-6-10-11(7-9(8)12)14(2)5-4-13-10/h6-7,13H,3-5H2,1-2H3. The summed E-state index contributed by atoms with van der Waals surface area (Å²) in [7, 11) is 2.14. The van der Waals surface area contributed by atoms with E-state index < -0.39 is 0 Å². The summed E-state index contributed by atoms with van der Waals surface area (Å²) >= 11 is 3.61. The Hall–Kier alpha value is -0.700. The Bertz CT molecular complexity index is 349. The molecule has 1 aliphatic rings. The number of aryl methyl sites for hydroxylation is 1. The number of hydrogen-bond acceptors (Lipinski definition) is 2. The van der Waals surface area contributed by atoms with Gasteiger partial charge >= 0.3 is 0 Å². The summed E-state index contributed by atoms with van der Waals surface area (Å²) in [4.78, 5) is 2.29. The molecule has 0 amide bonds. The van der Waals surface area contributed by atoms with Crippen molar-refractivity contribution in [2.24, 2.45) is 0 Å². The minimum absolute atomic E-state index is 1.04. The first kappa shape index (κ1) is 9.84. The average molecular weight is 255 g/mol. The van der Waals surface area contributed by atoms with Gasteiger partial charge in [-0.25, -0.2) is 0 Å². The van der Waals surface area contributed by atoms with Crippen LogP contribution in [0.5, 0.6) is 0 Å². The summed E-state index contributed by atoms with van der Waals surface area (Å²) in [6.45, 7) is 4.29. The number of nitrogens with one attached hydrogen (secondary N) is 1. The zero-order chi connectivity index (χ0) is 10.1. The fourth-order valence-corrected chi connectivity index (χ4v) is 2.43. The molecular weight excluding hydrogens is 240 g/mol. The van der Waals surface area contributed by atoms with Crippen LogP contribution in [0, 0.1) is 0 Å². The lowest BCUT2D eigenvalue weighted by Crippen LogP contribution is -2.30. The van der Waals surface area contributed by atoms with Crippen molar-refractivity contribution >= 4 is 27.3 Å². The van der Waals surface area contributed by atoms with E-state index >= 15 is 0 Å². The van der Waals surface area contributed by atoms with Gasteiger partial charge in [0.1, 0.15) is 0 Å². The topological polar surface area (TPSA) is 15.3 Å². The molecule has 1 heterocycles. The molecule has 0 bridgehead atoms. The van der Waals surface area contributed by atoms with Crippen molar-refractivity contribution in [3.63, 3.8) is 0 Å². The number of anilines is 2. The van der Waals surface area contributed by atoms with Crippen LogP contribution in [0.15, 0.2) is 16.6 Å². The van der Waals surface area contributed by atoms with Gasteiger partial charge in [0.05, 0.1) is 11.4 Å². The molecule has 0 unspecified atom stereocenters. The minimum atomic E-state index is 1.04. The van der Waals surface area contributed by atoms with Gasteiger partial charge in [-0.1, -0.05) is 22.9 Å². The highest BCUT2D eigenvalue weighted by Gasteiger charge is 2.14. The van der Waals surface area contributed by atoms with E-state index in [9.17, 15) is 0 Å². The molecule has 2 rings (SSSR count). The molecule has 2 nitrogen and oxygen atoms in total. The Morgan fingerprint density at radius 3 is 3.00 bits per heavy atom. The summed E-state index contributed by atoms with van der Waals surface area (Å²) in [5.41, 5.74) is 3.92. The minimum Gasteiger partial charge on any atom is -0.382 e. The van der Waals surface area contributed by atoms with Crippen LogP contribution in [-0.2, 0) is 6.42 Å². The van der Waals surface area contributed by atoms with Crippen molar-refractivity contribution in [3.8, 4) is 0 Å². The Labute approximate surface area is 93.4 Å². The first-order valence-corrected chi connectivity index (χ1v) is 5.79. The maximum Gasteiger partial charge on any atom is 0.0611 e. The first-order valence-electron chi connectivity index (χ1n) is 4.99. The second-order valence-corrected chi connectivity index (χ2v) is 4.52. The van der Waals surface area contributed by atoms with E-state index in [0.29, 0.717) is 0 Å². The highest BCUT2D eigenvalue weighted by Crippen LogP contribution is 2.33. The number of rotatable bonds is 1. The number of halogens is 1. The molecule has 1 aromatic carbocycles. The predicted octanol–water partition coefficient (Wildman–Crippen LogP) is 2.87. The smallest absolute Gasteiger partial charge is 0.0611 e. The third kappa shape index (κ3) is 1.61. The fraction of sp³-hybridized carbons (Fsp3) is 0.455. The summed E-state index contributed by atoms with van der Waals surface area (Å²) in [5, 5.41) is 3.43. The van der Waals surface area contributed by atoms with Gasteiger partial charge < -0.3 is 10.2 Å². The van der Waals surface area contributed by atoms with Crippen molar-refractivity contribution < 1.29 is 0 Å². The van der Waals surface area contributed by atoms with E-state index in [4.69, 9.17) is 0 Å². The third-order valence-corrected chi connectivity index (χ3v) is 3.46. The molecule has 14 heavy (non-hydrogen) atoms. The number of hydrogen-bond donors (Lipinski definition) is 1. The molecule has 0 aromatic heterocycles. The largest absolute Gasteiger partial charge is 0.382 e. The molecule has 3 heteroatoms. The molecule has 0 radical (unpaired) electrons. The van der Waals surface area contributed by atoms with Crippen molar-refractivity contribution in [1.82, 2.24) is 0 Å². The molecule has 1 N–H and O–H groups in total. The van der Waals surface area contributed by atoms with E-state index in [1.807, 2.05) is 0 Å². The van der Waals surface area contributed by atoms with Gasteiger partial charge in [-0.2, -0.15) is 0 Å². The van der Waals surface area contributed by atoms with Gasteiger partial charge in [0, 0.05) is 24.6 Å². The highest BCUT2D eigenvalue weighted by molar-refractivity contribution is 9.10. The van der Waals surface area contributed by atoms with Crippen molar-refractivity contribution in [2.45, 2.75) is 13.3 Å². The highest BCUT2D eigenvalue weighted by atomic mass is 79.9. The lowest BCUT2D eigenvalue weighted by molar-refractivity contribution is 0.884. The van der Waals surface area contributed by atoms with Gasteiger partial charge in [-0.3, -0.25) is 0 Å². The monoisotopic (exact) mass is 254 g/mol. The second kappa shape index (κ2) is 3.81. The maximum absolute atomic E-state index is 3.61. The zero-order valence-electron chi connectivity index (χ0n) is 8.60. The van der Waals surface area contributed by atoms with Crippen LogP contribution >= 0.6 is 15.9 Å². The lowest BCUT2D eigenvalue weighted by atomic mass is 10.1. The van der Waals surface area contributed by atoms with E-state index in [-0.39, 0.29) is 0 Å². The number of fused-ring (bicyclic) bond motifs is 1. The fourth-order valence-electron chi connectivity index (χ4n) is 1.81. The molecule has 0 fully saturated rings. The molecule has 0 saturated heterocycles. The zero-order valence-corrected chi connectivity index (χ0v) is 10.2.